The van der Waals surface area contributed by atoms with Crippen molar-refractivity contribution in [3.63, 3.8) is 0 Å². The van der Waals surface area contributed by atoms with E-state index in [1.54, 1.807) is 6.07 Å². The second kappa shape index (κ2) is 9.38. The maximum atomic E-state index is 13.8. The molecule has 11 heteroatoms. The van der Waals surface area contributed by atoms with E-state index in [0.717, 1.165) is 63.9 Å². The van der Waals surface area contributed by atoms with Gasteiger partial charge in [0.15, 0.2) is 0 Å². The number of H-pyrrole nitrogens is 1. The van der Waals surface area contributed by atoms with Gasteiger partial charge >= 0.3 is 6.18 Å². The Morgan fingerprint density at radius 1 is 1.15 bits per heavy atom. The van der Waals surface area contributed by atoms with E-state index in [1.165, 1.54) is 6.20 Å². The zero-order chi connectivity index (χ0) is 23.7. The van der Waals surface area contributed by atoms with Crippen LogP contribution >= 0.6 is 0 Å². The molecule has 34 heavy (non-hydrogen) atoms. The van der Waals surface area contributed by atoms with Crippen molar-refractivity contribution in [3.05, 3.63) is 30.1 Å². The van der Waals surface area contributed by atoms with E-state index in [-0.39, 0.29) is 24.3 Å². The summed E-state index contributed by atoms with van der Waals surface area (Å²) < 4.78 is 41.5. The first-order valence-corrected chi connectivity index (χ1v) is 11.7. The lowest BCUT2D eigenvalue weighted by Gasteiger charge is -2.31. The molecule has 8 nitrogen and oxygen atoms in total. The zero-order valence-corrected chi connectivity index (χ0v) is 18.7. The minimum Gasteiger partial charge on any atom is -0.396 e. The Hall–Kier alpha value is -2.92. The van der Waals surface area contributed by atoms with Crippen molar-refractivity contribution in [2.45, 2.75) is 37.9 Å². The van der Waals surface area contributed by atoms with Crippen molar-refractivity contribution in [2.75, 3.05) is 43.0 Å². The number of rotatable bonds is 5. The maximum Gasteiger partial charge on any atom is 0.419 e. The van der Waals surface area contributed by atoms with Crippen LogP contribution in [0.1, 0.15) is 31.2 Å². The summed E-state index contributed by atoms with van der Waals surface area (Å²) >= 11 is 0. The topological polar surface area (TPSA) is 102 Å². The number of fused-ring (bicyclic) bond motifs is 1. The van der Waals surface area contributed by atoms with Gasteiger partial charge in [-0.1, -0.05) is 0 Å². The molecule has 0 amide bonds. The van der Waals surface area contributed by atoms with Crippen molar-refractivity contribution in [2.24, 2.45) is 5.92 Å². The molecule has 182 valence electrons. The number of pyridine rings is 1. The number of piperidine rings is 2. The Balaban J connectivity index is 1.47. The number of alkyl halides is 3. The van der Waals surface area contributed by atoms with Crippen molar-refractivity contribution >= 4 is 22.8 Å². The average molecular weight is 476 g/mol. The van der Waals surface area contributed by atoms with Gasteiger partial charge in [-0.05, 0) is 50.3 Å². The van der Waals surface area contributed by atoms with Crippen molar-refractivity contribution in [1.82, 2.24) is 25.3 Å². The fourth-order valence-electron chi connectivity index (χ4n) is 4.73. The molecular weight excluding hydrogens is 447 g/mol. The SMILES string of the molecule is OCC1CCN(c2ccc3c(-c4nc(N[C@H]5CCCNC5)ncc4C(F)(F)F)c[nH]c3n2)CC1. The normalized spacial score (nSPS) is 20.1. The van der Waals surface area contributed by atoms with Crippen LogP contribution in [0.4, 0.5) is 24.9 Å². The lowest BCUT2D eigenvalue weighted by molar-refractivity contribution is -0.137. The molecule has 5 heterocycles. The van der Waals surface area contributed by atoms with E-state index in [2.05, 4.69) is 35.5 Å². The first kappa shape index (κ1) is 22.9. The van der Waals surface area contributed by atoms with Crippen LogP contribution in [0.25, 0.3) is 22.3 Å². The van der Waals surface area contributed by atoms with Crippen molar-refractivity contribution in [3.8, 4) is 11.3 Å². The van der Waals surface area contributed by atoms with E-state index < -0.39 is 11.7 Å². The molecule has 3 aromatic heterocycles. The molecule has 0 saturated carbocycles. The van der Waals surface area contributed by atoms with Crippen molar-refractivity contribution in [1.29, 1.82) is 0 Å². The molecule has 0 aliphatic carbocycles. The Bertz CT molecular complexity index is 1140. The first-order chi connectivity index (χ1) is 16.4. The highest BCUT2D eigenvalue weighted by atomic mass is 19.4. The van der Waals surface area contributed by atoms with Crippen molar-refractivity contribution < 1.29 is 18.3 Å². The number of anilines is 2. The molecular formula is C23H28F3N7O. The maximum absolute atomic E-state index is 13.8. The predicted octanol–water partition coefficient (Wildman–Crippen LogP) is 3.41. The van der Waals surface area contributed by atoms with Gasteiger partial charge in [0.2, 0.25) is 5.95 Å². The van der Waals surface area contributed by atoms with Crippen LogP contribution in [0.15, 0.2) is 24.5 Å². The van der Waals surface area contributed by atoms with Gasteiger partial charge in [0.1, 0.15) is 17.0 Å². The molecule has 2 saturated heterocycles. The lowest BCUT2D eigenvalue weighted by Crippen LogP contribution is -2.38. The summed E-state index contributed by atoms with van der Waals surface area (Å²) in [5, 5.41) is 16.4. The largest absolute Gasteiger partial charge is 0.419 e. The fraction of sp³-hybridized carbons (Fsp3) is 0.522. The second-order valence-corrected chi connectivity index (χ2v) is 9.02. The summed E-state index contributed by atoms with van der Waals surface area (Å²) in [6, 6.07) is 3.70. The van der Waals surface area contributed by atoms with Crippen LogP contribution in [-0.4, -0.2) is 63.9 Å². The quantitative estimate of drug-likeness (QED) is 0.449. The van der Waals surface area contributed by atoms with Gasteiger partial charge < -0.3 is 25.6 Å². The summed E-state index contributed by atoms with van der Waals surface area (Å²) in [7, 11) is 0. The molecule has 0 aromatic carbocycles. The number of aromatic amines is 1. The smallest absolute Gasteiger partial charge is 0.396 e. The molecule has 0 spiro atoms. The van der Waals surface area contributed by atoms with Gasteiger partial charge in [-0.2, -0.15) is 13.2 Å². The molecule has 0 radical (unpaired) electrons. The first-order valence-electron chi connectivity index (χ1n) is 11.7. The lowest BCUT2D eigenvalue weighted by atomic mass is 9.98. The van der Waals surface area contributed by atoms with Crippen LogP contribution in [0.2, 0.25) is 0 Å². The molecule has 0 unspecified atom stereocenters. The highest BCUT2D eigenvalue weighted by Crippen LogP contribution is 2.39. The van der Waals surface area contributed by atoms with Gasteiger partial charge in [-0.3, -0.25) is 0 Å². The van der Waals surface area contributed by atoms with E-state index in [0.29, 0.717) is 22.5 Å². The fourth-order valence-corrected chi connectivity index (χ4v) is 4.73. The average Bonchev–Trinajstić information content (AvgIpc) is 3.27. The number of hydrogen-bond acceptors (Lipinski definition) is 7. The molecule has 0 bridgehead atoms. The molecule has 3 aromatic rings. The monoisotopic (exact) mass is 475 g/mol. The third-order valence-corrected chi connectivity index (χ3v) is 6.70. The number of aromatic nitrogens is 4. The minimum absolute atomic E-state index is 0.0699. The van der Waals surface area contributed by atoms with Gasteiger partial charge in [0.25, 0.3) is 0 Å². The van der Waals surface area contributed by atoms with E-state index in [1.807, 2.05) is 6.07 Å². The van der Waals surface area contributed by atoms with Crippen LogP contribution < -0.4 is 15.5 Å². The minimum atomic E-state index is -4.59. The highest BCUT2D eigenvalue weighted by Gasteiger charge is 2.36. The van der Waals surface area contributed by atoms with Crippen LogP contribution in [0.3, 0.4) is 0 Å². The van der Waals surface area contributed by atoms with Crippen LogP contribution in [0.5, 0.6) is 0 Å². The van der Waals surface area contributed by atoms with Gasteiger partial charge in [0.05, 0.1) is 5.69 Å². The summed E-state index contributed by atoms with van der Waals surface area (Å²) in [5.74, 6) is 1.26. The molecule has 2 fully saturated rings. The standard InChI is InChI=1S/C23H28F3N7O/c24-23(25,26)18-12-29-22(30-15-2-1-7-27-10-15)32-20(18)17-11-28-21-16(17)3-4-19(31-21)33-8-5-14(13-34)6-9-33/h3-4,11-12,14-15,27,34H,1-2,5-10,13H2,(H,28,31)(H,29,30,32)/t15-/m0/s1. The number of hydrogen-bond donors (Lipinski definition) is 4. The summed E-state index contributed by atoms with van der Waals surface area (Å²) in [6.07, 6.45) is 1.45. The van der Waals surface area contributed by atoms with E-state index in [9.17, 15) is 18.3 Å². The second-order valence-electron chi connectivity index (χ2n) is 9.02. The Labute approximate surface area is 195 Å². The van der Waals surface area contributed by atoms with Crippen LogP contribution in [-0.2, 0) is 6.18 Å². The Morgan fingerprint density at radius 2 is 1.97 bits per heavy atom. The predicted molar refractivity (Wildman–Crippen MR) is 124 cm³/mol. The third-order valence-electron chi connectivity index (χ3n) is 6.70. The van der Waals surface area contributed by atoms with Gasteiger partial charge in [0, 0.05) is 55.6 Å². The number of nitrogens with one attached hydrogen (secondary N) is 3. The number of aliphatic hydroxyl groups excluding tert-OH is 1. The van der Waals surface area contributed by atoms with Crippen LogP contribution in [0, 0.1) is 5.92 Å². The van der Waals surface area contributed by atoms with E-state index in [4.69, 9.17) is 0 Å². The third kappa shape index (κ3) is 4.67. The molecule has 1 atom stereocenters. The summed E-state index contributed by atoms with van der Waals surface area (Å²) in [6.45, 7) is 3.41. The summed E-state index contributed by atoms with van der Waals surface area (Å²) in [4.78, 5) is 18.1. The highest BCUT2D eigenvalue weighted by molar-refractivity contribution is 5.94. The molecule has 2 aliphatic heterocycles. The van der Waals surface area contributed by atoms with E-state index >= 15 is 0 Å². The molecule has 4 N–H and O–H groups in total. The number of halogens is 3. The van der Waals surface area contributed by atoms with Gasteiger partial charge in [-0.25, -0.2) is 15.0 Å². The Kier molecular flexibility index (Phi) is 6.30. The molecule has 5 rings (SSSR count). The number of nitrogens with zero attached hydrogens (tertiary/aromatic N) is 4. The zero-order valence-electron chi connectivity index (χ0n) is 18.7. The number of aliphatic hydroxyl groups is 1. The van der Waals surface area contributed by atoms with Gasteiger partial charge in [-0.15, -0.1) is 0 Å². The Morgan fingerprint density at radius 3 is 2.68 bits per heavy atom. The molecule has 2 aliphatic rings. The summed E-state index contributed by atoms with van der Waals surface area (Å²) in [5.41, 5.74) is -0.198.